The van der Waals surface area contributed by atoms with Crippen LogP contribution in [0.3, 0.4) is 0 Å². The van der Waals surface area contributed by atoms with Crippen molar-refractivity contribution in [1.29, 1.82) is 0 Å². The fourth-order valence-electron chi connectivity index (χ4n) is 3.48. The summed E-state index contributed by atoms with van der Waals surface area (Å²) in [4.78, 5) is 0. The van der Waals surface area contributed by atoms with Gasteiger partial charge in [-0.05, 0) is 56.1 Å². The Kier molecular flexibility index (Phi) is 4.27. The topological polar surface area (TPSA) is 46.2 Å². The van der Waals surface area contributed by atoms with Crippen LogP contribution in [-0.2, 0) is 0 Å². The first kappa shape index (κ1) is 15.5. The molecule has 0 amide bonds. The predicted molar refractivity (Wildman–Crippen MR) is 84.6 cm³/mol. The highest BCUT2D eigenvalue weighted by atomic mass is 16.3. The van der Waals surface area contributed by atoms with Crippen molar-refractivity contribution in [2.24, 2.45) is 16.6 Å². The molecule has 2 rings (SSSR count). The van der Waals surface area contributed by atoms with Gasteiger partial charge >= 0.3 is 0 Å². The van der Waals surface area contributed by atoms with Crippen LogP contribution in [0.5, 0.6) is 0 Å². The maximum Gasteiger partial charge on any atom is 0.0860 e. The molecular weight excluding hydrogens is 246 g/mol. The Hall–Kier alpha value is -0.860. The molecular formula is C18H29NO. The Bertz CT molecular complexity index is 468. The molecule has 0 spiro atoms. The number of hydrogen-bond acceptors (Lipinski definition) is 2. The van der Waals surface area contributed by atoms with Crippen LogP contribution in [0.2, 0.25) is 0 Å². The van der Waals surface area contributed by atoms with E-state index in [0.29, 0.717) is 12.0 Å². The molecule has 1 atom stereocenters. The highest BCUT2D eigenvalue weighted by Gasteiger charge is 2.43. The molecule has 20 heavy (non-hydrogen) atoms. The monoisotopic (exact) mass is 275 g/mol. The number of rotatable bonds is 3. The number of hydrogen-bond donors (Lipinski definition) is 2. The van der Waals surface area contributed by atoms with Crippen molar-refractivity contribution in [3.63, 3.8) is 0 Å². The molecule has 0 aromatic heterocycles. The normalized spacial score (nSPS) is 22.5. The van der Waals surface area contributed by atoms with Crippen LogP contribution in [-0.4, -0.2) is 11.7 Å². The lowest BCUT2D eigenvalue weighted by atomic mass is 9.61. The number of aliphatic hydroxyl groups excluding tert-OH is 1. The number of aryl methyl sites for hydroxylation is 2. The highest BCUT2D eigenvalue weighted by Crippen LogP contribution is 2.51. The van der Waals surface area contributed by atoms with Crippen LogP contribution in [0.4, 0.5) is 0 Å². The van der Waals surface area contributed by atoms with Gasteiger partial charge in [0.25, 0.3) is 0 Å². The number of aliphatic hydroxyl groups is 1. The summed E-state index contributed by atoms with van der Waals surface area (Å²) in [6, 6.07) is 6.31. The average molecular weight is 275 g/mol. The molecule has 0 heterocycles. The van der Waals surface area contributed by atoms with Crippen LogP contribution < -0.4 is 5.73 Å². The zero-order valence-corrected chi connectivity index (χ0v) is 13.4. The molecule has 3 N–H and O–H groups in total. The molecule has 1 aliphatic carbocycles. The van der Waals surface area contributed by atoms with Crippen molar-refractivity contribution in [1.82, 2.24) is 0 Å². The molecule has 1 saturated carbocycles. The first-order valence-electron chi connectivity index (χ1n) is 7.75. The summed E-state index contributed by atoms with van der Waals surface area (Å²) in [5.41, 5.74) is 9.80. The fraction of sp³-hybridized carbons (Fsp3) is 0.667. The molecule has 2 heteroatoms. The SMILES string of the molecule is Cc1ccc(C(O)C2(CN)CCC(C)(C)CC2)c(C)c1. The summed E-state index contributed by atoms with van der Waals surface area (Å²) in [6.07, 6.45) is 3.89. The largest absolute Gasteiger partial charge is 0.388 e. The molecule has 0 aliphatic heterocycles. The highest BCUT2D eigenvalue weighted by molar-refractivity contribution is 5.33. The van der Waals surface area contributed by atoms with Gasteiger partial charge in [-0.25, -0.2) is 0 Å². The van der Waals surface area contributed by atoms with Crippen molar-refractivity contribution in [3.05, 3.63) is 34.9 Å². The molecule has 1 aromatic carbocycles. The summed E-state index contributed by atoms with van der Waals surface area (Å²) >= 11 is 0. The van der Waals surface area contributed by atoms with Gasteiger partial charge < -0.3 is 10.8 Å². The second-order valence-corrected chi connectivity index (χ2v) is 7.49. The van der Waals surface area contributed by atoms with Crippen molar-refractivity contribution in [2.45, 2.75) is 59.5 Å². The average Bonchev–Trinajstić information content (AvgIpc) is 2.39. The molecule has 0 radical (unpaired) electrons. The molecule has 0 saturated heterocycles. The van der Waals surface area contributed by atoms with Gasteiger partial charge in [0.15, 0.2) is 0 Å². The minimum Gasteiger partial charge on any atom is -0.388 e. The lowest BCUT2D eigenvalue weighted by Gasteiger charge is -2.46. The van der Waals surface area contributed by atoms with E-state index in [0.717, 1.165) is 31.2 Å². The van der Waals surface area contributed by atoms with E-state index in [1.807, 2.05) is 0 Å². The number of nitrogens with two attached hydrogens (primary N) is 1. The standard InChI is InChI=1S/C18H29NO/c1-13-5-6-15(14(2)11-13)16(20)18(12-19)9-7-17(3,4)8-10-18/h5-6,11,16,20H,7-10,12,19H2,1-4H3. The van der Waals surface area contributed by atoms with Gasteiger partial charge in [-0.2, -0.15) is 0 Å². The quantitative estimate of drug-likeness (QED) is 0.879. The summed E-state index contributed by atoms with van der Waals surface area (Å²) in [5, 5.41) is 11.0. The van der Waals surface area contributed by atoms with E-state index >= 15 is 0 Å². The third-order valence-corrected chi connectivity index (χ3v) is 5.31. The summed E-state index contributed by atoms with van der Waals surface area (Å²) in [5.74, 6) is 0. The summed E-state index contributed by atoms with van der Waals surface area (Å²) < 4.78 is 0. The molecule has 2 nitrogen and oxygen atoms in total. The van der Waals surface area contributed by atoms with Crippen LogP contribution >= 0.6 is 0 Å². The second-order valence-electron chi connectivity index (χ2n) is 7.49. The summed E-state index contributed by atoms with van der Waals surface area (Å²) in [6.45, 7) is 9.37. The van der Waals surface area contributed by atoms with E-state index in [1.165, 1.54) is 11.1 Å². The van der Waals surface area contributed by atoms with E-state index in [-0.39, 0.29) is 5.41 Å². The van der Waals surface area contributed by atoms with Crippen molar-refractivity contribution in [2.75, 3.05) is 6.54 Å². The van der Waals surface area contributed by atoms with E-state index < -0.39 is 6.10 Å². The van der Waals surface area contributed by atoms with Crippen molar-refractivity contribution >= 4 is 0 Å². The maximum atomic E-state index is 11.0. The van der Waals surface area contributed by atoms with Crippen LogP contribution in [0.15, 0.2) is 18.2 Å². The Morgan fingerprint density at radius 2 is 1.75 bits per heavy atom. The zero-order valence-electron chi connectivity index (χ0n) is 13.4. The third-order valence-electron chi connectivity index (χ3n) is 5.31. The van der Waals surface area contributed by atoms with Crippen LogP contribution in [0, 0.1) is 24.7 Å². The molecule has 1 unspecified atom stereocenters. The van der Waals surface area contributed by atoms with E-state index in [2.05, 4.69) is 45.9 Å². The zero-order chi connectivity index (χ0) is 15.0. The smallest absolute Gasteiger partial charge is 0.0860 e. The molecule has 112 valence electrons. The van der Waals surface area contributed by atoms with Crippen molar-refractivity contribution in [3.8, 4) is 0 Å². The van der Waals surface area contributed by atoms with Crippen LogP contribution in [0.25, 0.3) is 0 Å². The van der Waals surface area contributed by atoms with Gasteiger partial charge in [0.1, 0.15) is 0 Å². The first-order valence-corrected chi connectivity index (χ1v) is 7.75. The molecule has 1 aliphatic rings. The Morgan fingerprint density at radius 3 is 2.25 bits per heavy atom. The number of benzene rings is 1. The van der Waals surface area contributed by atoms with Crippen molar-refractivity contribution < 1.29 is 5.11 Å². The third kappa shape index (κ3) is 2.91. The fourth-order valence-corrected chi connectivity index (χ4v) is 3.48. The molecule has 0 bridgehead atoms. The maximum absolute atomic E-state index is 11.0. The summed E-state index contributed by atoms with van der Waals surface area (Å²) in [7, 11) is 0. The first-order chi connectivity index (χ1) is 9.30. The van der Waals surface area contributed by atoms with E-state index in [9.17, 15) is 5.11 Å². The van der Waals surface area contributed by atoms with E-state index in [4.69, 9.17) is 5.73 Å². The van der Waals surface area contributed by atoms with Gasteiger partial charge in [0, 0.05) is 12.0 Å². The Morgan fingerprint density at radius 1 is 1.15 bits per heavy atom. The van der Waals surface area contributed by atoms with E-state index in [1.54, 1.807) is 0 Å². The minimum atomic E-state index is -0.441. The van der Waals surface area contributed by atoms with Gasteiger partial charge in [0.2, 0.25) is 0 Å². The van der Waals surface area contributed by atoms with Gasteiger partial charge in [0.05, 0.1) is 6.10 Å². The Labute approximate surface area is 123 Å². The van der Waals surface area contributed by atoms with Gasteiger partial charge in [-0.15, -0.1) is 0 Å². The van der Waals surface area contributed by atoms with Gasteiger partial charge in [-0.1, -0.05) is 37.6 Å². The Balaban J connectivity index is 2.27. The van der Waals surface area contributed by atoms with Crippen LogP contribution in [0.1, 0.15) is 62.3 Å². The second kappa shape index (κ2) is 5.50. The lowest BCUT2D eigenvalue weighted by molar-refractivity contribution is -0.0238. The molecule has 1 fully saturated rings. The predicted octanol–water partition coefficient (Wildman–Crippen LogP) is 3.88. The van der Waals surface area contributed by atoms with Gasteiger partial charge in [-0.3, -0.25) is 0 Å². The molecule has 1 aromatic rings. The minimum absolute atomic E-state index is 0.143. The lowest BCUT2D eigenvalue weighted by Crippen LogP contribution is -2.42.